The molecule has 2 aliphatic rings. The Labute approximate surface area is 96.2 Å². The van der Waals surface area contributed by atoms with Gasteiger partial charge in [-0.05, 0) is 19.8 Å². The van der Waals surface area contributed by atoms with Gasteiger partial charge in [0.25, 0.3) is 0 Å². The molecule has 2 fully saturated rings. The molecule has 1 aliphatic carbocycles. The van der Waals surface area contributed by atoms with E-state index in [-0.39, 0.29) is 13.2 Å². The number of epoxide rings is 1. The van der Waals surface area contributed by atoms with Crippen molar-refractivity contribution >= 4 is 5.97 Å². The highest BCUT2D eigenvalue weighted by Gasteiger charge is 2.39. The van der Waals surface area contributed by atoms with E-state index in [1.54, 1.807) is 6.92 Å². The van der Waals surface area contributed by atoms with Crippen molar-refractivity contribution in [1.82, 2.24) is 0 Å². The molecule has 0 amide bonds. The molecule has 2 unspecified atom stereocenters. The second kappa shape index (κ2) is 6.66. The molecule has 1 saturated carbocycles. The predicted octanol–water partition coefficient (Wildman–Crippen LogP) is 1.43. The van der Waals surface area contributed by atoms with E-state index in [1.807, 2.05) is 0 Å². The Morgan fingerprint density at radius 3 is 2.38 bits per heavy atom. The summed E-state index contributed by atoms with van der Waals surface area (Å²) in [6, 6.07) is 0. The largest absolute Gasteiger partial charge is 0.460 e. The Hall–Kier alpha value is -0.870. The molecule has 4 nitrogen and oxygen atoms in total. The minimum Gasteiger partial charge on any atom is -0.460 e. The molecule has 2 atom stereocenters. The summed E-state index contributed by atoms with van der Waals surface area (Å²) in [5.74, 6) is -0.455. The van der Waals surface area contributed by atoms with Crippen LogP contribution in [0.4, 0.5) is 0 Å². The minimum atomic E-state index is -0.455. The summed E-state index contributed by atoms with van der Waals surface area (Å²) in [4.78, 5) is 10.5. The highest BCUT2D eigenvalue weighted by Crippen LogP contribution is 2.35. The highest BCUT2D eigenvalue weighted by molar-refractivity contribution is 5.86. The van der Waals surface area contributed by atoms with Crippen LogP contribution in [0.25, 0.3) is 0 Å². The van der Waals surface area contributed by atoms with Crippen LogP contribution in [0.2, 0.25) is 0 Å². The molecule has 0 spiro atoms. The first-order valence-corrected chi connectivity index (χ1v) is 5.74. The van der Waals surface area contributed by atoms with Crippen molar-refractivity contribution in [1.29, 1.82) is 0 Å². The monoisotopic (exact) mass is 228 g/mol. The van der Waals surface area contributed by atoms with Crippen molar-refractivity contribution in [3.63, 3.8) is 0 Å². The van der Waals surface area contributed by atoms with Gasteiger partial charge in [0.2, 0.25) is 0 Å². The van der Waals surface area contributed by atoms with E-state index in [2.05, 4.69) is 11.3 Å². The van der Waals surface area contributed by atoms with Crippen molar-refractivity contribution < 1.29 is 19.4 Å². The van der Waals surface area contributed by atoms with Crippen molar-refractivity contribution in [3.8, 4) is 0 Å². The average Bonchev–Trinajstić information content (AvgIpc) is 3.05. The van der Waals surface area contributed by atoms with E-state index >= 15 is 0 Å². The van der Waals surface area contributed by atoms with Gasteiger partial charge in [-0.2, -0.15) is 0 Å². The number of fused-ring (bicyclic) bond motifs is 1. The summed E-state index contributed by atoms with van der Waals surface area (Å²) in [7, 11) is 0. The minimum absolute atomic E-state index is 0.0473. The zero-order valence-corrected chi connectivity index (χ0v) is 9.78. The average molecular weight is 228 g/mol. The first-order chi connectivity index (χ1) is 7.65. The van der Waals surface area contributed by atoms with Crippen LogP contribution in [-0.2, 0) is 14.3 Å². The van der Waals surface area contributed by atoms with E-state index < -0.39 is 5.97 Å². The molecule has 16 heavy (non-hydrogen) atoms. The molecule has 1 heterocycles. The maximum absolute atomic E-state index is 10.5. The van der Waals surface area contributed by atoms with Gasteiger partial charge < -0.3 is 14.6 Å². The molecule has 1 N–H and O–H groups in total. The normalized spacial score (nSPS) is 25.9. The quantitative estimate of drug-likeness (QED) is 0.451. The van der Waals surface area contributed by atoms with Crippen molar-refractivity contribution in [2.75, 3.05) is 13.2 Å². The Morgan fingerprint density at radius 2 is 2.00 bits per heavy atom. The zero-order chi connectivity index (χ0) is 12.0. The molecule has 4 heteroatoms. The standard InChI is InChI=1S/C6H10O3.C6H10O/c1-5(2)6(8)9-4-3-7;1-2-4-6-5(3-1)7-6/h7H,1,3-4H2,2H3;5-6H,1-4H2. The second-order valence-electron chi connectivity index (χ2n) is 4.14. The number of carbonyl (C=O) groups is 1. The van der Waals surface area contributed by atoms with Crippen LogP contribution in [0, 0.1) is 0 Å². The summed E-state index contributed by atoms with van der Waals surface area (Å²) in [5, 5.41) is 8.19. The summed E-state index contributed by atoms with van der Waals surface area (Å²) < 4.78 is 9.74. The molecule has 1 aliphatic heterocycles. The van der Waals surface area contributed by atoms with Crippen LogP contribution in [0.1, 0.15) is 32.6 Å². The third-order valence-electron chi connectivity index (χ3n) is 2.59. The number of ether oxygens (including phenoxy) is 2. The molecule has 0 aromatic heterocycles. The molecule has 0 aromatic rings. The number of rotatable bonds is 3. The molecule has 92 valence electrons. The van der Waals surface area contributed by atoms with E-state index in [1.165, 1.54) is 25.7 Å². The van der Waals surface area contributed by atoms with Crippen LogP contribution in [0.15, 0.2) is 12.2 Å². The number of esters is 1. The van der Waals surface area contributed by atoms with Crippen molar-refractivity contribution in [3.05, 3.63) is 12.2 Å². The fraction of sp³-hybridized carbons (Fsp3) is 0.750. The Kier molecular flexibility index (Phi) is 5.49. The number of hydrogen-bond acceptors (Lipinski definition) is 4. The maximum Gasteiger partial charge on any atom is 0.333 e. The predicted molar refractivity (Wildman–Crippen MR) is 60.0 cm³/mol. The lowest BCUT2D eigenvalue weighted by molar-refractivity contribution is -0.139. The van der Waals surface area contributed by atoms with E-state index in [9.17, 15) is 4.79 Å². The first-order valence-electron chi connectivity index (χ1n) is 5.74. The molecule has 2 rings (SSSR count). The second-order valence-corrected chi connectivity index (χ2v) is 4.14. The van der Waals surface area contributed by atoms with E-state index in [0.717, 1.165) is 0 Å². The van der Waals surface area contributed by atoms with Gasteiger partial charge in [-0.1, -0.05) is 19.4 Å². The number of hydrogen-bond donors (Lipinski definition) is 1. The van der Waals surface area contributed by atoms with E-state index in [0.29, 0.717) is 17.8 Å². The van der Waals surface area contributed by atoms with Gasteiger partial charge in [-0.3, -0.25) is 0 Å². The third-order valence-corrected chi connectivity index (χ3v) is 2.59. The van der Waals surface area contributed by atoms with Gasteiger partial charge in [-0.15, -0.1) is 0 Å². The zero-order valence-electron chi connectivity index (χ0n) is 9.78. The van der Waals surface area contributed by atoms with Gasteiger partial charge >= 0.3 is 5.97 Å². The van der Waals surface area contributed by atoms with Gasteiger partial charge in [-0.25, -0.2) is 4.79 Å². The fourth-order valence-electron chi connectivity index (χ4n) is 1.64. The number of aliphatic hydroxyl groups excluding tert-OH is 1. The molecular weight excluding hydrogens is 208 g/mol. The van der Waals surface area contributed by atoms with Crippen LogP contribution in [0.5, 0.6) is 0 Å². The van der Waals surface area contributed by atoms with Gasteiger partial charge in [0, 0.05) is 5.57 Å². The lowest BCUT2D eigenvalue weighted by Crippen LogP contribution is -2.08. The molecule has 0 bridgehead atoms. The number of carbonyl (C=O) groups excluding carboxylic acids is 1. The molecular formula is C12H20O4. The third kappa shape index (κ3) is 4.77. The summed E-state index contributed by atoms with van der Waals surface area (Å²) in [6.07, 6.45) is 6.89. The van der Waals surface area contributed by atoms with Crippen LogP contribution < -0.4 is 0 Å². The fourth-order valence-corrected chi connectivity index (χ4v) is 1.64. The topological polar surface area (TPSA) is 59.1 Å². The Morgan fingerprint density at radius 1 is 1.44 bits per heavy atom. The molecule has 1 saturated heterocycles. The SMILES string of the molecule is C1CCC2OC2C1.C=C(C)C(=O)OCCO. The van der Waals surface area contributed by atoms with Crippen molar-refractivity contribution in [2.24, 2.45) is 0 Å². The Bertz CT molecular complexity index is 239. The van der Waals surface area contributed by atoms with Crippen molar-refractivity contribution in [2.45, 2.75) is 44.8 Å². The van der Waals surface area contributed by atoms with E-state index in [4.69, 9.17) is 9.84 Å². The molecule has 0 radical (unpaired) electrons. The van der Waals surface area contributed by atoms with Gasteiger partial charge in [0.1, 0.15) is 6.61 Å². The highest BCUT2D eigenvalue weighted by atomic mass is 16.6. The van der Waals surface area contributed by atoms with Gasteiger partial charge in [0.05, 0.1) is 18.8 Å². The first kappa shape index (κ1) is 13.2. The lowest BCUT2D eigenvalue weighted by atomic mass is 10.0. The lowest BCUT2D eigenvalue weighted by Gasteiger charge is -2.00. The van der Waals surface area contributed by atoms with Crippen LogP contribution >= 0.6 is 0 Å². The summed E-state index contributed by atoms with van der Waals surface area (Å²) >= 11 is 0. The van der Waals surface area contributed by atoms with Crippen LogP contribution in [0.3, 0.4) is 0 Å². The van der Waals surface area contributed by atoms with Crippen LogP contribution in [-0.4, -0.2) is 36.5 Å². The number of aliphatic hydroxyl groups is 1. The summed E-state index contributed by atoms with van der Waals surface area (Å²) in [6.45, 7) is 4.81. The Balaban J connectivity index is 0.000000163. The summed E-state index contributed by atoms with van der Waals surface area (Å²) in [5.41, 5.74) is 0.350. The smallest absolute Gasteiger partial charge is 0.333 e. The van der Waals surface area contributed by atoms with Gasteiger partial charge in [0.15, 0.2) is 0 Å². The molecule has 0 aromatic carbocycles. The maximum atomic E-state index is 10.5.